The molecular weight excluding hydrogens is 477 g/mol. The van der Waals surface area contributed by atoms with Gasteiger partial charge in [-0.2, -0.15) is 0 Å². The highest BCUT2D eigenvalue weighted by atomic mass is 127. The fraction of sp³-hybridized carbons (Fsp3) is 0.682. The number of hydrogen-bond acceptors (Lipinski definition) is 4. The van der Waals surface area contributed by atoms with E-state index in [0.717, 1.165) is 77.8 Å². The minimum Gasteiger partial charge on any atom is -0.376 e. The van der Waals surface area contributed by atoms with Crippen molar-refractivity contribution in [3.05, 3.63) is 29.8 Å². The van der Waals surface area contributed by atoms with Crippen molar-refractivity contribution >= 4 is 35.6 Å². The van der Waals surface area contributed by atoms with Crippen LogP contribution in [0.3, 0.4) is 0 Å². The number of nitrogens with one attached hydrogen (secondary N) is 2. The third-order valence-electron chi connectivity index (χ3n) is 5.50. The molecule has 6 nitrogen and oxygen atoms in total. The van der Waals surface area contributed by atoms with Gasteiger partial charge >= 0.3 is 0 Å². The molecule has 0 bridgehead atoms. The molecule has 0 amide bonds. The largest absolute Gasteiger partial charge is 0.376 e. The maximum Gasteiger partial charge on any atom is 0.191 e. The van der Waals surface area contributed by atoms with E-state index in [-0.39, 0.29) is 24.0 Å². The van der Waals surface area contributed by atoms with Crippen molar-refractivity contribution in [3.8, 4) is 0 Å². The van der Waals surface area contributed by atoms with Gasteiger partial charge in [-0.25, -0.2) is 0 Å². The molecule has 1 aromatic carbocycles. The summed E-state index contributed by atoms with van der Waals surface area (Å²) in [6.45, 7) is 13.4. The Bertz CT molecular complexity index is 613. The Morgan fingerprint density at radius 1 is 1.21 bits per heavy atom. The van der Waals surface area contributed by atoms with Gasteiger partial charge in [0.1, 0.15) is 0 Å². The molecule has 7 heteroatoms. The Labute approximate surface area is 193 Å². The van der Waals surface area contributed by atoms with Gasteiger partial charge in [-0.05, 0) is 57.4 Å². The van der Waals surface area contributed by atoms with Gasteiger partial charge in [-0.3, -0.25) is 9.89 Å². The molecule has 0 aromatic heterocycles. The van der Waals surface area contributed by atoms with E-state index in [1.165, 1.54) is 17.7 Å². The summed E-state index contributed by atoms with van der Waals surface area (Å²) in [5.74, 6) is 0.919. The van der Waals surface area contributed by atoms with Crippen molar-refractivity contribution in [1.82, 2.24) is 15.5 Å². The van der Waals surface area contributed by atoms with Crippen LogP contribution in [0.25, 0.3) is 0 Å². The first-order valence-electron chi connectivity index (χ1n) is 10.9. The van der Waals surface area contributed by atoms with Gasteiger partial charge in [0.2, 0.25) is 0 Å². The predicted molar refractivity (Wildman–Crippen MR) is 133 cm³/mol. The van der Waals surface area contributed by atoms with Gasteiger partial charge in [0.05, 0.1) is 12.6 Å². The van der Waals surface area contributed by atoms with Crippen molar-refractivity contribution in [2.24, 2.45) is 4.99 Å². The van der Waals surface area contributed by atoms with Crippen LogP contribution in [0.5, 0.6) is 0 Å². The smallest absolute Gasteiger partial charge is 0.191 e. The molecule has 2 saturated heterocycles. The topological polar surface area (TPSA) is 52.1 Å². The molecule has 0 spiro atoms. The number of anilines is 1. The van der Waals surface area contributed by atoms with Crippen LogP contribution in [0.4, 0.5) is 5.69 Å². The monoisotopic (exact) mass is 515 g/mol. The number of halogens is 1. The first kappa shape index (κ1) is 24.2. The van der Waals surface area contributed by atoms with E-state index in [9.17, 15) is 0 Å². The Morgan fingerprint density at radius 2 is 2.03 bits per heavy atom. The highest BCUT2D eigenvalue weighted by molar-refractivity contribution is 14.0. The lowest BCUT2D eigenvalue weighted by Crippen LogP contribution is -2.47. The molecule has 1 unspecified atom stereocenters. The molecule has 1 aromatic rings. The summed E-state index contributed by atoms with van der Waals surface area (Å²) >= 11 is 0. The maximum absolute atomic E-state index is 5.66. The zero-order valence-electron chi connectivity index (χ0n) is 18.0. The van der Waals surface area contributed by atoms with Crippen LogP contribution < -0.4 is 15.5 Å². The summed E-state index contributed by atoms with van der Waals surface area (Å²) in [6, 6.07) is 8.84. The molecule has 2 N–H and O–H groups in total. The quantitative estimate of drug-likeness (QED) is 0.242. The van der Waals surface area contributed by atoms with E-state index in [0.29, 0.717) is 6.10 Å². The second-order valence-electron chi connectivity index (χ2n) is 7.80. The molecule has 0 radical (unpaired) electrons. The van der Waals surface area contributed by atoms with E-state index >= 15 is 0 Å². The van der Waals surface area contributed by atoms with E-state index in [1.807, 2.05) is 0 Å². The van der Waals surface area contributed by atoms with E-state index in [1.54, 1.807) is 0 Å². The van der Waals surface area contributed by atoms with Crippen molar-refractivity contribution in [1.29, 1.82) is 0 Å². The minimum absolute atomic E-state index is 0. The Kier molecular flexibility index (Phi) is 11.1. The van der Waals surface area contributed by atoms with Gasteiger partial charge < -0.3 is 20.3 Å². The molecule has 0 aliphatic carbocycles. The summed E-state index contributed by atoms with van der Waals surface area (Å²) in [5.41, 5.74) is 2.70. The van der Waals surface area contributed by atoms with Gasteiger partial charge in [0.25, 0.3) is 0 Å². The third-order valence-corrected chi connectivity index (χ3v) is 5.50. The molecular formula is C22H38IN5O. The molecule has 2 heterocycles. The zero-order chi connectivity index (χ0) is 19.6. The highest BCUT2D eigenvalue weighted by Gasteiger charge is 2.17. The molecule has 164 valence electrons. The average molecular weight is 515 g/mol. The summed E-state index contributed by atoms with van der Waals surface area (Å²) < 4.78 is 5.66. The number of hydrogen-bond donors (Lipinski definition) is 2. The van der Waals surface area contributed by atoms with Crippen LogP contribution in [-0.4, -0.2) is 75.9 Å². The number of guanidine groups is 1. The highest BCUT2D eigenvalue weighted by Crippen LogP contribution is 2.17. The van der Waals surface area contributed by atoms with Crippen LogP contribution >= 0.6 is 24.0 Å². The number of aryl methyl sites for hydroxylation is 1. The van der Waals surface area contributed by atoms with Gasteiger partial charge in [-0.1, -0.05) is 12.1 Å². The maximum atomic E-state index is 5.66. The second-order valence-corrected chi connectivity index (χ2v) is 7.80. The number of benzene rings is 1. The van der Waals surface area contributed by atoms with Gasteiger partial charge in [0.15, 0.2) is 5.96 Å². The van der Waals surface area contributed by atoms with Crippen LogP contribution in [0, 0.1) is 6.92 Å². The van der Waals surface area contributed by atoms with Crippen LogP contribution in [0.15, 0.2) is 29.3 Å². The number of ether oxygens (including phenoxy) is 1. The first-order valence-corrected chi connectivity index (χ1v) is 10.9. The van der Waals surface area contributed by atoms with E-state index in [4.69, 9.17) is 4.74 Å². The zero-order valence-corrected chi connectivity index (χ0v) is 20.4. The number of rotatable bonds is 8. The SMILES string of the molecule is CCNC(=NCC1CCCO1)NCCCN1CCN(c2cccc(C)c2)CC1.I. The lowest BCUT2D eigenvalue weighted by atomic mass is 10.2. The van der Waals surface area contributed by atoms with Gasteiger partial charge in [-0.15, -0.1) is 24.0 Å². The third kappa shape index (κ3) is 8.30. The lowest BCUT2D eigenvalue weighted by molar-refractivity contribution is 0.117. The fourth-order valence-electron chi connectivity index (χ4n) is 3.89. The minimum atomic E-state index is 0. The normalized spacial score (nSPS) is 20.4. The first-order chi connectivity index (χ1) is 13.7. The summed E-state index contributed by atoms with van der Waals surface area (Å²) in [4.78, 5) is 9.76. The van der Waals surface area contributed by atoms with Crippen LogP contribution in [0.2, 0.25) is 0 Å². The van der Waals surface area contributed by atoms with E-state index < -0.39 is 0 Å². The molecule has 2 aliphatic heterocycles. The van der Waals surface area contributed by atoms with Crippen molar-refractivity contribution < 1.29 is 4.74 Å². The molecule has 0 saturated carbocycles. The summed E-state index contributed by atoms with van der Waals surface area (Å²) in [6.07, 6.45) is 3.74. The molecule has 2 fully saturated rings. The standard InChI is InChI=1S/C22H37N5O.HI/c1-3-23-22(25-18-21-9-5-16-28-21)24-10-6-11-26-12-14-27(15-13-26)20-8-4-7-19(2)17-20;/h4,7-8,17,21H,3,5-6,9-16,18H2,1-2H3,(H2,23,24,25);1H. The van der Waals surface area contributed by atoms with Crippen LogP contribution in [-0.2, 0) is 4.74 Å². The Morgan fingerprint density at radius 3 is 2.72 bits per heavy atom. The molecule has 1 atom stereocenters. The number of nitrogens with zero attached hydrogens (tertiary/aromatic N) is 3. The summed E-state index contributed by atoms with van der Waals surface area (Å²) in [5, 5.41) is 6.81. The predicted octanol–water partition coefficient (Wildman–Crippen LogP) is 2.86. The van der Waals surface area contributed by atoms with Crippen molar-refractivity contribution in [2.45, 2.75) is 39.2 Å². The molecule has 2 aliphatic rings. The lowest BCUT2D eigenvalue weighted by Gasteiger charge is -2.36. The molecule has 29 heavy (non-hydrogen) atoms. The average Bonchev–Trinajstić information content (AvgIpc) is 3.23. The summed E-state index contributed by atoms with van der Waals surface area (Å²) in [7, 11) is 0. The Balaban J connectivity index is 0.00000300. The molecule has 3 rings (SSSR count). The van der Waals surface area contributed by atoms with Crippen molar-refractivity contribution in [3.63, 3.8) is 0 Å². The second kappa shape index (κ2) is 13.3. The Hall–Kier alpha value is -1.06. The van der Waals surface area contributed by atoms with Gasteiger partial charge in [0, 0.05) is 51.6 Å². The van der Waals surface area contributed by atoms with Crippen molar-refractivity contribution in [2.75, 3.05) is 63.9 Å². The fourth-order valence-corrected chi connectivity index (χ4v) is 3.89. The van der Waals surface area contributed by atoms with E-state index in [2.05, 4.69) is 63.5 Å². The van der Waals surface area contributed by atoms with Crippen LogP contribution in [0.1, 0.15) is 31.7 Å². The number of piperazine rings is 1. The number of aliphatic imine (C=N–C) groups is 1.